The number of methoxy groups -OCH3 is 1. The van der Waals surface area contributed by atoms with Gasteiger partial charge < -0.3 is 29.0 Å². The molecule has 0 aliphatic rings. The average molecular weight is 508 g/mol. The zero-order chi connectivity index (χ0) is 26.5. The Morgan fingerprint density at radius 1 is 0.946 bits per heavy atom. The molecule has 0 saturated heterocycles. The number of nitrogens with zero attached hydrogens (tertiary/aromatic N) is 2. The zero-order valence-corrected chi connectivity index (χ0v) is 21.9. The first-order valence-electron chi connectivity index (χ1n) is 12.6. The molecule has 3 rings (SSSR count). The molecule has 198 valence electrons. The van der Waals surface area contributed by atoms with Crippen LogP contribution in [0.2, 0.25) is 0 Å². The Labute approximate surface area is 219 Å². The Kier molecular flexibility index (Phi) is 11.0. The van der Waals surface area contributed by atoms with Crippen molar-refractivity contribution in [3.05, 3.63) is 83.8 Å². The molecule has 0 radical (unpaired) electrons. The Balaban J connectivity index is 1.71. The molecule has 1 N–H and O–H groups in total. The van der Waals surface area contributed by atoms with Crippen LogP contribution in [-0.4, -0.2) is 61.7 Å². The molecule has 0 aliphatic carbocycles. The lowest BCUT2D eigenvalue weighted by Gasteiger charge is -2.27. The molecule has 0 atom stereocenters. The summed E-state index contributed by atoms with van der Waals surface area (Å²) in [5.41, 5.74) is 1.77. The van der Waals surface area contributed by atoms with Crippen molar-refractivity contribution in [1.82, 2.24) is 9.80 Å². The van der Waals surface area contributed by atoms with Crippen LogP contribution in [0.3, 0.4) is 0 Å². The first-order valence-corrected chi connectivity index (χ1v) is 12.6. The van der Waals surface area contributed by atoms with E-state index in [4.69, 9.17) is 13.9 Å². The van der Waals surface area contributed by atoms with Crippen LogP contribution in [0.25, 0.3) is 0 Å². The van der Waals surface area contributed by atoms with E-state index in [9.17, 15) is 9.59 Å². The van der Waals surface area contributed by atoms with Crippen molar-refractivity contribution in [1.29, 1.82) is 0 Å². The number of carbonyl (C=O) groups is 2. The number of ether oxygens (including phenoxy) is 2. The van der Waals surface area contributed by atoms with Crippen LogP contribution >= 0.6 is 0 Å². The molecule has 0 unspecified atom stereocenters. The van der Waals surface area contributed by atoms with Gasteiger partial charge in [-0.1, -0.05) is 30.3 Å². The number of aryl methyl sites for hydroxylation is 1. The van der Waals surface area contributed by atoms with E-state index in [1.165, 1.54) is 4.90 Å². The van der Waals surface area contributed by atoms with E-state index in [-0.39, 0.29) is 18.5 Å². The molecule has 0 fully saturated rings. The summed E-state index contributed by atoms with van der Waals surface area (Å²) in [6.07, 6.45) is 1.33. The molecule has 3 amide bonds. The van der Waals surface area contributed by atoms with Crippen molar-refractivity contribution in [2.75, 3.05) is 45.3 Å². The standard InChI is InChI=1S/C29H37N3O5/c1-4-36-20-8-18-32(29(34)30-25-12-15-26(35-3)16-13-25)22-28(33)31(21-27-14-11-23(2)37-27)19-17-24-9-6-5-7-10-24/h5-7,9-16H,4,8,17-22H2,1-3H3,(H,30,34). The van der Waals surface area contributed by atoms with Gasteiger partial charge in [-0.15, -0.1) is 0 Å². The molecule has 0 spiro atoms. The topological polar surface area (TPSA) is 84.2 Å². The normalized spacial score (nSPS) is 10.7. The smallest absolute Gasteiger partial charge is 0.322 e. The molecule has 2 aromatic carbocycles. The predicted octanol–water partition coefficient (Wildman–Crippen LogP) is 5.13. The number of urea groups is 1. The molecular weight excluding hydrogens is 470 g/mol. The molecule has 8 nitrogen and oxygen atoms in total. The zero-order valence-electron chi connectivity index (χ0n) is 21.9. The summed E-state index contributed by atoms with van der Waals surface area (Å²) in [6.45, 7) is 6.11. The minimum atomic E-state index is -0.341. The summed E-state index contributed by atoms with van der Waals surface area (Å²) in [5.74, 6) is 2.06. The van der Waals surface area contributed by atoms with Crippen molar-refractivity contribution >= 4 is 17.6 Å². The number of benzene rings is 2. The van der Waals surface area contributed by atoms with Crippen LogP contribution in [0.5, 0.6) is 5.75 Å². The predicted molar refractivity (Wildman–Crippen MR) is 144 cm³/mol. The molecule has 3 aromatic rings. The van der Waals surface area contributed by atoms with Gasteiger partial charge in [-0.05, 0) is 68.7 Å². The van der Waals surface area contributed by atoms with Crippen LogP contribution in [0, 0.1) is 6.92 Å². The maximum absolute atomic E-state index is 13.5. The highest BCUT2D eigenvalue weighted by Gasteiger charge is 2.22. The minimum Gasteiger partial charge on any atom is -0.497 e. The lowest BCUT2D eigenvalue weighted by Crippen LogP contribution is -2.45. The largest absolute Gasteiger partial charge is 0.497 e. The highest BCUT2D eigenvalue weighted by Crippen LogP contribution is 2.16. The number of nitrogens with one attached hydrogen (secondary N) is 1. The highest BCUT2D eigenvalue weighted by molar-refractivity contribution is 5.92. The number of anilines is 1. The summed E-state index contributed by atoms with van der Waals surface area (Å²) < 4.78 is 16.4. The van der Waals surface area contributed by atoms with Crippen molar-refractivity contribution in [3.8, 4) is 5.75 Å². The third kappa shape index (κ3) is 9.31. The monoisotopic (exact) mass is 507 g/mol. The molecule has 0 aliphatic heterocycles. The molecule has 37 heavy (non-hydrogen) atoms. The van der Waals surface area contributed by atoms with Crippen LogP contribution in [0.1, 0.15) is 30.4 Å². The van der Waals surface area contributed by atoms with Crippen LogP contribution in [0.15, 0.2) is 71.1 Å². The van der Waals surface area contributed by atoms with E-state index in [1.54, 1.807) is 36.3 Å². The first kappa shape index (κ1) is 27.8. The summed E-state index contributed by atoms with van der Waals surface area (Å²) in [7, 11) is 1.59. The van der Waals surface area contributed by atoms with E-state index >= 15 is 0 Å². The maximum Gasteiger partial charge on any atom is 0.322 e. The second kappa shape index (κ2) is 14.7. The van der Waals surface area contributed by atoms with Gasteiger partial charge in [-0.25, -0.2) is 4.79 Å². The quantitative estimate of drug-likeness (QED) is 0.306. The average Bonchev–Trinajstić information content (AvgIpc) is 3.33. The van der Waals surface area contributed by atoms with Gasteiger partial charge in [-0.2, -0.15) is 0 Å². The van der Waals surface area contributed by atoms with Gasteiger partial charge in [0.05, 0.1) is 13.7 Å². The Morgan fingerprint density at radius 3 is 2.35 bits per heavy atom. The number of carbonyl (C=O) groups excluding carboxylic acids is 2. The van der Waals surface area contributed by atoms with Gasteiger partial charge >= 0.3 is 6.03 Å². The molecule has 0 saturated carbocycles. The number of amides is 3. The van der Waals surface area contributed by atoms with Crippen LogP contribution in [-0.2, 0) is 22.5 Å². The number of hydrogen-bond donors (Lipinski definition) is 1. The van der Waals surface area contributed by atoms with Gasteiger partial charge in [0, 0.05) is 32.0 Å². The van der Waals surface area contributed by atoms with Gasteiger partial charge in [0.2, 0.25) is 5.91 Å². The fraction of sp³-hybridized carbons (Fsp3) is 0.379. The second-order valence-corrected chi connectivity index (χ2v) is 8.69. The molecule has 1 aromatic heterocycles. The fourth-order valence-electron chi connectivity index (χ4n) is 3.85. The number of hydrogen-bond acceptors (Lipinski definition) is 5. The number of rotatable bonds is 14. The maximum atomic E-state index is 13.5. The van der Waals surface area contributed by atoms with Gasteiger partial charge in [0.15, 0.2) is 0 Å². The molecule has 8 heteroatoms. The fourth-order valence-corrected chi connectivity index (χ4v) is 3.85. The Hall–Kier alpha value is -3.78. The molecular formula is C29H37N3O5. The van der Waals surface area contributed by atoms with Crippen LogP contribution in [0.4, 0.5) is 10.5 Å². The second-order valence-electron chi connectivity index (χ2n) is 8.69. The third-order valence-electron chi connectivity index (χ3n) is 5.88. The molecule has 0 bridgehead atoms. The van der Waals surface area contributed by atoms with Crippen molar-refractivity contribution < 1.29 is 23.5 Å². The van der Waals surface area contributed by atoms with Crippen molar-refractivity contribution in [3.63, 3.8) is 0 Å². The molecule has 1 heterocycles. The first-order chi connectivity index (χ1) is 18.0. The summed E-state index contributed by atoms with van der Waals surface area (Å²) >= 11 is 0. The third-order valence-corrected chi connectivity index (χ3v) is 5.88. The summed E-state index contributed by atoms with van der Waals surface area (Å²) in [6, 6.07) is 20.5. The van der Waals surface area contributed by atoms with E-state index < -0.39 is 0 Å². The van der Waals surface area contributed by atoms with Gasteiger partial charge in [0.1, 0.15) is 23.8 Å². The highest BCUT2D eigenvalue weighted by atomic mass is 16.5. The van der Waals surface area contributed by atoms with E-state index in [1.807, 2.05) is 56.3 Å². The summed E-state index contributed by atoms with van der Waals surface area (Å²) in [4.78, 5) is 30.0. The summed E-state index contributed by atoms with van der Waals surface area (Å²) in [5, 5.41) is 2.89. The SMILES string of the molecule is CCOCCCN(CC(=O)N(CCc1ccccc1)Cc1ccc(C)o1)C(=O)Nc1ccc(OC)cc1. The van der Waals surface area contributed by atoms with Crippen molar-refractivity contribution in [2.24, 2.45) is 0 Å². The van der Waals surface area contributed by atoms with E-state index in [0.717, 1.165) is 11.3 Å². The van der Waals surface area contributed by atoms with E-state index in [0.29, 0.717) is 62.9 Å². The lowest BCUT2D eigenvalue weighted by molar-refractivity contribution is -0.132. The van der Waals surface area contributed by atoms with Crippen LogP contribution < -0.4 is 10.1 Å². The number of furan rings is 1. The Morgan fingerprint density at radius 2 is 1.70 bits per heavy atom. The van der Waals surface area contributed by atoms with Gasteiger partial charge in [-0.3, -0.25) is 4.79 Å². The van der Waals surface area contributed by atoms with E-state index in [2.05, 4.69) is 5.32 Å². The Bertz CT molecular complexity index is 1100. The van der Waals surface area contributed by atoms with Crippen molar-refractivity contribution in [2.45, 2.75) is 33.2 Å². The lowest BCUT2D eigenvalue weighted by atomic mass is 10.1. The van der Waals surface area contributed by atoms with Gasteiger partial charge in [0.25, 0.3) is 0 Å². The minimum absolute atomic E-state index is 0.0530.